The van der Waals surface area contributed by atoms with Crippen molar-refractivity contribution >= 4 is 18.0 Å². The van der Waals surface area contributed by atoms with Crippen molar-refractivity contribution in [3.63, 3.8) is 0 Å². The summed E-state index contributed by atoms with van der Waals surface area (Å²) in [5.74, 6) is -0.813. The van der Waals surface area contributed by atoms with Crippen LogP contribution in [-0.4, -0.2) is 61.1 Å². The van der Waals surface area contributed by atoms with Gasteiger partial charge in [-0.1, -0.05) is 24.3 Å². The SMILES string of the molecule is CCN(CCC(=O)OC)C(=O)N1Cc2ccccc2CC1C(=O)OC. The first-order chi connectivity index (χ1) is 12.0. The van der Waals surface area contributed by atoms with Crippen LogP contribution in [0.1, 0.15) is 24.5 Å². The van der Waals surface area contributed by atoms with Gasteiger partial charge in [-0.3, -0.25) is 4.79 Å². The molecule has 7 heteroatoms. The van der Waals surface area contributed by atoms with E-state index in [9.17, 15) is 14.4 Å². The topological polar surface area (TPSA) is 76.2 Å². The van der Waals surface area contributed by atoms with Gasteiger partial charge >= 0.3 is 18.0 Å². The van der Waals surface area contributed by atoms with E-state index in [4.69, 9.17) is 4.74 Å². The molecule has 1 aliphatic heterocycles. The standard InChI is InChI=1S/C18H24N2O5/c1-4-19(10-9-16(21)24-2)18(23)20-12-14-8-6-5-7-13(14)11-15(20)17(22)25-3/h5-8,15H,4,9-12H2,1-3H3. The molecule has 2 rings (SSSR count). The van der Waals surface area contributed by atoms with E-state index in [-0.39, 0.29) is 25.0 Å². The fourth-order valence-corrected chi connectivity index (χ4v) is 2.97. The van der Waals surface area contributed by atoms with Crippen LogP contribution in [-0.2, 0) is 32.0 Å². The Morgan fingerprint density at radius 1 is 1.16 bits per heavy atom. The minimum absolute atomic E-state index is 0.114. The maximum atomic E-state index is 13.0. The van der Waals surface area contributed by atoms with Crippen LogP contribution in [0.4, 0.5) is 4.79 Å². The first-order valence-electron chi connectivity index (χ1n) is 8.28. The van der Waals surface area contributed by atoms with Gasteiger partial charge in [-0.25, -0.2) is 9.59 Å². The molecule has 1 aromatic rings. The number of hydrogen-bond acceptors (Lipinski definition) is 5. The van der Waals surface area contributed by atoms with Crippen LogP contribution in [0.3, 0.4) is 0 Å². The van der Waals surface area contributed by atoms with Crippen molar-refractivity contribution in [2.24, 2.45) is 0 Å². The normalized spacial score (nSPS) is 16.0. The van der Waals surface area contributed by atoms with Gasteiger partial charge in [0, 0.05) is 26.1 Å². The third-order valence-corrected chi connectivity index (χ3v) is 4.43. The van der Waals surface area contributed by atoms with Gasteiger partial charge in [-0.05, 0) is 18.1 Å². The number of carbonyl (C=O) groups is 3. The summed E-state index contributed by atoms with van der Waals surface area (Å²) < 4.78 is 9.52. The molecule has 0 fully saturated rings. The second kappa shape index (κ2) is 8.50. The molecule has 0 saturated heterocycles. The molecule has 2 amide bonds. The Hall–Kier alpha value is -2.57. The fraction of sp³-hybridized carbons (Fsp3) is 0.500. The number of ether oxygens (including phenoxy) is 2. The van der Waals surface area contributed by atoms with Crippen LogP contribution in [0.5, 0.6) is 0 Å². The Morgan fingerprint density at radius 3 is 2.44 bits per heavy atom. The average Bonchev–Trinajstić information content (AvgIpc) is 2.66. The van der Waals surface area contributed by atoms with E-state index >= 15 is 0 Å². The molecule has 1 heterocycles. The molecule has 0 N–H and O–H groups in total. The maximum Gasteiger partial charge on any atom is 0.329 e. The van der Waals surface area contributed by atoms with Crippen LogP contribution < -0.4 is 0 Å². The molecule has 0 saturated carbocycles. The van der Waals surface area contributed by atoms with Gasteiger partial charge < -0.3 is 19.3 Å². The van der Waals surface area contributed by atoms with E-state index in [1.165, 1.54) is 19.1 Å². The highest BCUT2D eigenvalue weighted by Gasteiger charge is 2.37. The number of nitrogens with zero attached hydrogens (tertiary/aromatic N) is 2. The summed E-state index contributed by atoms with van der Waals surface area (Å²) in [5, 5.41) is 0. The molecule has 7 nitrogen and oxygen atoms in total. The molecule has 0 bridgehead atoms. The van der Waals surface area contributed by atoms with Gasteiger partial charge in [0.15, 0.2) is 0 Å². The molecule has 0 radical (unpaired) electrons. The number of carbonyl (C=O) groups excluding carboxylic acids is 3. The van der Waals surface area contributed by atoms with Crippen molar-refractivity contribution in [1.82, 2.24) is 9.80 Å². The lowest BCUT2D eigenvalue weighted by atomic mass is 9.94. The zero-order valence-corrected chi connectivity index (χ0v) is 14.9. The van der Waals surface area contributed by atoms with Gasteiger partial charge in [0.2, 0.25) is 0 Å². The van der Waals surface area contributed by atoms with Crippen molar-refractivity contribution in [2.75, 3.05) is 27.3 Å². The first-order valence-corrected chi connectivity index (χ1v) is 8.28. The predicted octanol–water partition coefficient (Wildman–Crippen LogP) is 1.59. The second-order valence-electron chi connectivity index (χ2n) is 5.83. The van der Waals surface area contributed by atoms with Crippen molar-refractivity contribution in [1.29, 1.82) is 0 Å². The number of urea groups is 1. The molecular formula is C18H24N2O5. The highest BCUT2D eigenvalue weighted by Crippen LogP contribution is 2.25. The highest BCUT2D eigenvalue weighted by molar-refractivity contribution is 5.85. The highest BCUT2D eigenvalue weighted by atomic mass is 16.5. The number of amides is 2. The quantitative estimate of drug-likeness (QED) is 0.756. The minimum atomic E-state index is -0.667. The second-order valence-corrected chi connectivity index (χ2v) is 5.83. The molecule has 0 aromatic heterocycles. The van der Waals surface area contributed by atoms with Crippen LogP contribution >= 0.6 is 0 Å². The molecule has 25 heavy (non-hydrogen) atoms. The van der Waals surface area contributed by atoms with Gasteiger partial charge in [-0.2, -0.15) is 0 Å². The smallest absolute Gasteiger partial charge is 0.329 e. The van der Waals surface area contributed by atoms with Gasteiger partial charge in [0.25, 0.3) is 0 Å². The van der Waals surface area contributed by atoms with Crippen LogP contribution in [0.2, 0.25) is 0 Å². The van der Waals surface area contributed by atoms with Crippen LogP contribution in [0.25, 0.3) is 0 Å². The average molecular weight is 348 g/mol. The van der Waals surface area contributed by atoms with Crippen molar-refractivity contribution in [2.45, 2.75) is 32.4 Å². The summed E-state index contributed by atoms with van der Waals surface area (Å²) in [6, 6.07) is 6.79. The molecule has 0 spiro atoms. The third-order valence-electron chi connectivity index (χ3n) is 4.43. The molecule has 1 atom stereocenters. The first kappa shape index (κ1) is 18.8. The number of benzene rings is 1. The molecule has 1 aliphatic rings. The van der Waals surface area contributed by atoms with Crippen LogP contribution in [0, 0.1) is 0 Å². The zero-order chi connectivity index (χ0) is 18.4. The summed E-state index contributed by atoms with van der Waals surface area (Å²) in [6.07, 6.45) is 0.534. The number of methoxy groups -OCH3 is 2. The summed E-state index contributed by atoms with van der Waals surface area (Å²) in [5.41, 5.74) is 2.06. The molecule has 136 valence electrons. The molecular weight excluding hydrogens is 324 g/mol. The van der Waals surface area contributed by atoms with Gasteiger partial charge in [0.1, 0.15) is 6.04 Å². The summed E-state index contributed by atoms with van der Waals surface area (Å²) >= 11 is 0. The Balaban J connectivity index is 2.21. The van der Waals surface area contributed by atoms with Crippen LogP contribution in [0.15, 0.2) is 24.3 Å². The van der Waals surface area contributed by atoms with Crippen molar-refractivity contribution < 1.29 is 23.9 Å². The number of esters is 2. The van der Waals surface area contributed by atoms with Crippen molar-refractivity contribution in [3.05, 3.63) is 35.4 Å². The summed E-state index contributed by atoms with van der Waals surface area (Å²) in [6.45, 7) is 2.85. The molecule has 0 aliphatic carbocycles. The van der Waals surface area contributed by atoms with E-state index in [1.54, 1.807) is 4.90 Å². The lowest BCUT2D eigenvalue weighted by Crippen LogP contribution is -2.54. The summed E-state index contributed by atoms with van der Waals surface area (Å²) in [4.78, 5) is 39.6. The third kappa shape index (κ3) is 4.29. The minimum Gasteiger partial charge on any atom is -0.469 e. The number of rotatable bonds is 5. The molecule has 1 aromatic carbocycles. The van der Waals surface area contributed by atoms with E-state index < -0.39 is 12.0 Å². The fourth-order valence-electron chi connectivity index (χ4n) is 2.97. The molecule has 1 unspecified atom stereocenters. The number of hydrogen-bond donors (Lipinski definition) is 0. The Kier molecular flexibility index (Phi) is 6.38. The lowest BCUT2D eigenvalue weighted by Gasteiger charge is -2.38. The van der Waals surface area contributed by atoms with Crippen molar-refractivity contribution in [3.8, 4) is 0 Å². The lowest BCUT2D eigenvalue weighted by molar-refractivity contribution is -0.147. The maximum absolute atomic E-state index is 13.0. The van der Waals surface area contributed by atoms with E-state index in [2.05, 4.69) is 4.74 Å². The number of fused-ring (bicyclic) bond motifs is 1. The predicted molar refractivity (Wildman–Crippen MR) is 90.8 cm³/mol. The van der Waals surface area contributed by atoms with E-state index in [0.29, 0.717) is 19.5 Å². The zero-order valence-electron chi connectivity index (χ0n) is 14.9. The van der Waals surface area contributed by atoms with E-state index in [1.807, 2.05) is 31.2 Å². The van der Waals surface area contributed by atoms with E-state index in [0.717, 1.165) is 11.1 Å². The Morgan fingerprint density at radius 2 is 1.84 bits per heavy atom. The Labute approximate surface area is 147 Å². The van der Waals surface area contributed by atoms with Gasteiger partial charge in [0.05, 0.1) is 20.6 Å². The summed E-state index contributed by atoms with van der Waals surface area (Å²) in [7, 11) is 2.63. The Bertz CT molecular complexity index is 646. The van der Waals surface area contributed by atoms with Gasteiger partial charge in [-0.15, -0.1) is 0 Å². The monoisotopic (exact) mass is 348 g/mol. The largest absolute Gasteiger partial charge is 0.469 e.